The minimum atomic E-state index is -0.0899. The lowest BCUT2D eigenvalue weighted by Gasteiger charge is -2.38. The van der Waals surface area contributed by atoms with Gasteiger partial charge in [-0.2, -0.15) is 0 Å². The fourth-order valence-corrected chi connectivity index (χ4v) is 4.67. The van der Waals surface area contributed by atoms with Crippen molar-refractivity contribution in [1.82, 2.24) is 9.88 Å². The van der Waals surface area contributed by atoms with E-state index in [9.17, 15) is 9.59 Å². The summed E-state index contributed by atoms with van der Waals surface area (Å²) in [5.74, 6) is 0.582. The Kier molecular flexibility index (Phi) is 10.4. The van der Waals surface area contributed by atoms with Crippen LogP contribution in [0.25, 0.3) is 0 Å². The van der Waals surface area contributed by atoms with Crippen LogP contribution in [0.4, 0.5) is 5.13 Å². The van der Waals surface area contributed by atoms with Crippen molar-refractivity contribution in [2.24, 2.45) is 11.7 Å². The Labute approximate surface area is 185 Å². The Hall–Kier alpha value is -1.19. The van der Waals surface area contributed by atoms with Crippen molar-refractivity contribution in [3.05, 3.63) is 33.5 Å². The van der Waals surface area contributed by atoms with Gasteiger partial charge < -0.3 is 16.0 Å². The van der Waals surface area contributed by atoms with Crippen LogP contribution in [0, 0.1) is 5.92 Å². The first-order valence-corrected chi connectivity index (χ1v) is 10.6. The first-order valence-electron chi connectivity index (χ1n) is 8.81. The number of amides is 2. The molecule has 3 rings (SSSR count). The van der Waals surface area contributed by atoms with Crippen LogP contribution < -0.4 is 11.1 Å². The van der Waals surface area contributed by atoms with Gasteiger partial charge in [0.15, 0.2) is 5.13 Å². The highest BCUT2D eigenvalue weighted by Gasteiger charge is 2.29. The summed E-state index contributed by atoms with van der Waals surface area (Å²) in [6, 6.07) is 3.98. The van der Waals surface area contributed by atoms with Crippen LogP contribution in [-0.2, 0) is 22.4 Å². The molecule has 2 unspecified atom stereocenters. The van der Waals surface area contributed by atoms with Gasteiger partial charge in [0.25, 0.3) is 0 Å². The number of halogens is 2. The molecule has 0 aromatic carbocycles. The molecule has 0 bridgehead atoms. The number of aromatic nitrogens is 1. The number of nitrogens with zero attached hydrogens (tertiary/aromatic N) is 2. The maximum Gasteiger partial charge on any atom is 0.231 e. The molecule has 3 N–H and O–H groups in total. The molecule has 0 aliphatic carbocycles. The van der Waals surface area contributed by atoms with Gasteiger partial charge in [-0.25, -0.2) is 4.98 Å². The van der Waals surface area contributed by atoms with Crippen LogP contribution in [0.1, 0.15) is 30.3 Å². The smallest absolute Gasteiger partial charge is 0.231 e. The number of thiazole rings is 1. The number of hydrogen-bond donors (Lipinski definition) is 2. The molecule has 1 aliphatic heterocycles. The summed E-state index contributed by atoms with van der Waals surface area (Å²) in [6.07, 6.45) is 2.57. The Morgan fingerprint density at radius 3 is 2.79 bits per heavy atom. The molecule has 0 radical (unpaired) electrons. The van der Waals surface area contributed by atoms with Crippen LogP contribution in [0.3, 0.4) is 0 Å². The number of rotatable bonds is 6. The number of nitrogens with two attached hydrogens (primary N) is 1. The second-order valence-corrected chi connectivity index (χ2v) is 8.62. The maximum absolute atomic E-state index is 12.6. The summed E-state index contributed by atoms with van der Waals surface area (Å²) in [5, 5.41) is 7.13. The monoisotopic (exact) mass is 464 g/mol. The van der Waals surface area contributed by atoms with Crippen molar-refractivity contribution in [2.75, 3.05) is 18.4 Å². The molecule has 1 aliphatic rings. The maximum atomic E-state index is 12.6. The van der Waals surface area contributed by atoms with Gasteiger partial charge in [-0.1, -0.05) is 13.0 Å². The lowest BCUT2D eigenvalue weighted by Crippen LogP contribution is -2.49. The molecule has 6 nitrogen and oxygen atoms in total. The highest BCUT2D eigenvalue weighted by atomic mass is 35.5. The second kappa shape index (κ2) is 11.7. The summed E-state index contributed by atoms with van der Waals surface area (Å²) in [5.41, 5.74) is 6.54. The Morgan fingerprint density at radius 2 is 2.11 bits per heavy atom. The van der Waals surface area contributed by atoms with Gasteiger partial charge in [0.05, 0.1) is 18.5 Å². The number of anilines is 1. The van der Waals surface area contributed by atoms with E-state index in [1.54, 1.807) is 11.3 Å². The van der Waals surface area contributed by atoms with Gasteiger partial charge in [0.2, 0.25) is 11.8 Å². The molecule has 10 heteroatoms. The van der Waals surface area contributed by atoms with Gasteiger partial charge >= 0.3 is 0 Å². The Balaban J connectivity index is 0.00000196. The van der Waals surface area contributed by atoms with Crippen molar-refractivity contribution >= 4 is 64.4 Å². The van der Waals surface area contributed by atoms with E-state index < -0.39 is 0 Å². The van der Waals surface area contributed by atoms with Crippen molar-refractivity contribution in [3.63, 3.8) is 0 Å². The molecule has 0 spiro atoms. The van der Waals surface area contributed by atoms with E-state index in [4.69, 9.17) is 5.73 Å². The number of hydrogen-bond acceptors (Lipinski definition) is 6. The summed E-state index contributed by atoms with van der Waals surface area (Å²) < 4.78 is 0. The second-order valence-electron chi connectivity index (χ2n) is 6.73. The fraction of sp³-hybridized carbons (Fsp3) is 0.500. The molecule has 0 saturated carbocycles. The van der Waals surface area contributed by atoms with Crippen molar-refractivity contribution < 1.29 is 9.59 Å². The third kappa shape index (κ3) is 6.70. The van der Waals surface area contributed by atoms with E-state index in [-0.39, 0.29) is 49.1 Å². The van der Waals surface area contributed by atoms with Gasteiger partial charge in [-0.3, -0.25) is 9.59 Å². The minimum absolute atomic E-state index is 0. The Morgan fingerprint density at radius 1 is 1.32 bits per heavy atom. The normalized spacial score (nSPS) is 18.7. The molecule has 1 fully saturated rings. The molecule has 2 amide bonds. The molecule has 2 atom stereocenters. The number of carbonyl (C=O) groups excluding carboxylic acids is 2. The third-order valence-electron chi connectivity index (χ3n) is 4.62. The number of carbonyl (C=O) groups is 2. The minimum Gasteiger partial charge on any atom is -0.338 e. The lowest BCUT2D eigenvalue weighted by atomic mass is 9.92. The summed E-state index contributed by atoms with van der Waals surface area (Å²) in [7, 11) is 0. The van der Waals surface area contributed by atoms with Crippen molar-refractivity contribution in [3.8, 4) is 0 Å². The predicted octanol–water partition coefficient (Wildman–Crippen LogP) is 3.36. The molecule has 28 heavy (non-hydrogen) atoms. The number of thiophene rings is 1. The van der Waals surface area contributed by atoms with Crippen molar-refractivity contribution in [1.29, 1.82) is 0 Å². The fourth-order valence-electron chi connectivity index (χ4n) is 3.24. The zero-order valence-corrected chi connectivity index (χ0v) is 18.9. The van der Waals surface area contributed by atoms with E-state index in [2.05, 4.69) is 17.2 Å². The molecule has 1 saturated heterocycles. The quantitative estimate of drug-likeness (QED) is 0.685. The standard InChI is InChI=1S/C18H24N4O2S2.2ClH/c1-12-4-5-22(14(7-12)10-19)17(24)8-13-11-26-18(20-13)21-16(23)9-15-3-2-6-25-15;;/h2-3,6,11-12,14H,4-5,7-10,19H2,1H3,(H,20,21,23);2*1H. The van der Waals surface area contributed by atoms with Crippen LogP contribution >= 0.6 is 47.5 Å². The largest absolute Gasteiger partial charge is 0.338 e. The first-order chi connectivity index (χ1) is 12.5. The van der Waals surface area contributed by atoms with Crippen LogP contribution in [0.15, 0.2) is 22.9 Å². The summed E-state index contributed by atoms with van der Waals surface area (Å²) >= 11 is 2.91. The van der Waals surface area contributed by atoms with E-state index >= 15 is 0 Å². The SMILES string of the molecule is CC1CCN(C(=O)Cc2csc(NC(=O)Cc3cccs3)n2)C(CN)C1.Cl.Cl. The zero-order valence-electron chi connectivity index (χ0n) is 15.6. The molecule has 156 valence electrons. The average Bonchev–Trinajstić information content (AvgIpc) is 3.26. The average molecular weight is 465 g/mol. The van der Waals surface area contributed by atoms with Crippen LogP contribution in [-0.4, -0.2) is 40.8 Å². The molecule has 2 aromatic rings. The Bertz CT molecular complexity index is 755. The first kappa shape index (κ1) is 24.8. The molecular weight excluding hydrogens is 439 g/mol. The number of likely N-dealkylation sites (tertiary alicyclic amines) is 1. The van der Waals surface area contributed by atoms with Gasteiger partial charge in [-0.15, -0.1) is 47.5 Å². The van der Waals surface area contributed by atoms with E-state index in [0.29, 0.717) is 29.7 Å². The van der Waals surface area contributed by atoms with Gasteiger partial charge in [0.1, 0.15) is 0 Å². The topological polar surface area (TPSA) is 88.3 Å². The number of nitrogens with one attached hydrogen (secondary N) is 1. The third-order valence-corrected chi connectivity index (χ3v) is 6.30. The van der Waals surface area contributed by atoms with Crippen LogP contribution in [0.5, 0.6) is 0 Å². The van der Waals surface area contributed by atoms with E-state index in [0.717, 1.165) is 24.3 Å². The van der Waals surface area contributed by atoms with Crippen molar-refractivity contribution in [2.45, 2.75) is 38.6 Å². The highest BCUT2D eigenvalue weighted by Crippen LogP contribution is 2.23. The molecule has 3 heterocycles. The summed E-state index contributed by atoms with van der Waals surface area (Å²) in [6.45, 7) is 3.46. The van der Waals surface area contributed by atoms with E-state index in [1.165, 1.54) is 11.3 Å². The lowest BCUT2D eigenvalue weighted by molar-refractivity contribution is -0.134. The van der Waals surface area contributed by atoms with Gasteiger partial charge in [0, 0.05) is 29.4 Å². The highest BCUT2D eigenvalue weighted by molar-refractivity contribution is 7.14. The molecular formula is C18H26Cl2N4O2S2. The van der Waals surface area contributed by atoms with Crippen LogP contribution in [0.2, 0.25) is 0 Å². The zero-order chi connectivity index (χ0) is 18.5. The predicted molar refractivity (Wildman–Crippen MR) is 120 cm³/mol. The van der Waals surface area contributed by atoms with Gasteiger partial charge in [-0.05, 0) is 30.2 Å². The van der Waals surface area contributed by atoms with E-state index in [1.807, 2.05) is 27.8 Å². The summed E-state index contributed by atoms with van der Waals surface area (Å²) in [4.78, 5) is 32.0. The number of piperidine rings is 1. The molecule has 2 aromatic heterocycles.